The van der Waals surface area contributed by atoms with E-state index in [9.17, 15) is 22.8 Å². The number of imide groups is 1. The number of hydrogen-bond donors (Lipinski definition) is 2. The lowest BCUT2D eigenvalue weighted by atomic mass is 10.2. The molecule has 2 N–H and O–H groups in total. The van der Waals surface area contributed by atoms with Gasteiger partial charge in [-0.05, 0) is 67.6 Å². The molecule has 2 amide bonds. The average Bonchev–Trinajstić information content (AvgIpc) is 3.08. The Morgan fingerprint density at radius 1 is 1.00 bits per heavy atom. The van der Waals surface area contributed by atoms with Crippen LogP contribution in [0.2, 0.25) is 0 Å². The molecule has 12 heteroatoms. The summed E-state index contributed by atoms with van der Waals surface area (Å²) < 4.78 is 32.4. The van der Waals surface area contributed by atoms with Crippen LogP contribution in [0.4, 0.5) is 17.2 Å². The molecule has 0 radical (unpaired) electrons. The van der Waals surface area contributed by atoms with Gasteiger partial charge in [0.2, 0.25) is 0 Å². The van der Waals surface area contributed by atoms with Gasteiger partial charge in [0, 0.05) is 11.9 Å². The maximum Gasteiger partial charge on any atom is 0.338 e. The second-order valence-corrected chi connectivity index (χ2v) is 9.43. The van der Waals surface area contributed by atoms with Gasteiger partial charge in [-0.15, -0.1) is 0 Å². The number of pyridine rings is 1. The summed E-state index contributed by atoms with van der Waals surface area (Å²) in [5.74, 6) is -1.81. The minimum absolute atomic E-state index is 0.0316. The first-order chi connectivity index (χ1) is 17.2. The fourth-order valence-electron chi connectivity index (χ4n) is 3.29. The molecule has 1 aromatic heterocycles. The highest BCUT2D eigenvalue weighted by molar-refractivity contribution is 7.92. The Bertz CT molecular complexity index is 1460. The number of amides is 2. The van der Waals surface area contributed by atoms with E-state index in [1.807, 2.05) is 0 Å². The summed E-state index contributed by atoms with van der Waals surface area (Å²) in [5.41, 5.74) is 0.652. The van der Waals surface area contributed by atoms with Gasteiger partial charge in [0.25, 0.3) is 21.8 Å². The molecule has 1 aliphatic heterocycles. The van der Waals surface area contributed by atoms with E-state index < -0.39 is 27.8 Å². The maximum atomic E-state index is 13.0. The number of sulfonamides is 1. The monoisotopic (exact) mass is 526 g/mol. The van der Waals surface area contributed by atoms with Crippen molar-refractivity contribution in [3.63, 3.8) is 0 Å². The highest BCUT2D eigenvalue weighted by Gasteiger charge is 2.39. The van der Waals surface area contributed by atoms with Crippen LogP contribution in [0.3, 0.4) is 0 Å². The topological polar surface area (TPSA) is 135 Å². The van der Waals surface area contributed by atoms with Crippen molar-refractivity contribution in [1.82, 2.24) is 4.98 Å². The third kappa shape index (κ3) is 5.07. The van der Waals surface area contributed by atoms with Crippen molar-refractivity contribution >= 4 is 56.6 Å². The summed E-state index contributed by atoms with van der Waals surface area (Å²) >= 11 is 6.15. The molecule has 4 rings (SSSR count). The molecular formula is C24H19ClN4O6S. The van der Waals surface area contributed by atoms with E-state index in [1.165, 1.54) is 60.8 Å². The fourth-order valence-corrected chi connectivity index (χ4v) is 4.51. The van der Waals surface area contributed by atoms with Gasteiger partial charge >= 0.3 is 5.97 Å². The first-order valence-corrected chi connectivity index (χ1v) is 12.4. The summed E-state index contributed by atoms with van der Waals surface area (Å²) in [6, 6.07) is 16.1. The first-order valence-electron chi connectivity index (χ1n) is 10.6. The van der Waals surface area contributed by atoms with Crippen LogP contribution in [0.5, 0.6) is 0 Å². The quantitative estimate of drug-likeness (QED) is 0.336. The lowest BCUT2D eigenvalue weighted by Crippen LogP contribution is -2.32. The van der Waals surface area contributed by atoms with Gasteiger partial charge in [-0.1, -0.05) is 17.7 Å². The molecule has 0 atom stereocenters. The standard InChI is InChI=1S/C24H19ClN4O6S/c1-2-35-24(32)15-6-10-17(11-7-15)29-22(30)20(25)21(23(29)31)27-16-8-12-18(13-9-16)36(33,34)28-19-5-3-4-14-26-19/h3-14,27H,2H2,1H3,(H,26,28). The van der Waals surface area contributed by atoms with Crippen molar-refractivity contribution < 1.29 is 27.5 Å². The van der Waals surface area contributed by atoms with Crippen molar-refractivity contribution in [2.45, 2.75) is 11.8 Å². The second-order valence-electron chi connectivity index (χ2n) is 7.37. The van der Waals surface area contributed by atoms with Crippen LogP contribution in [-0.4, -0.2) is 37.8 Å². The number of nitrogens with zero attached hydrogens (tertiary/aromatic N) is 2. The van der Waals surface area contributed by atoms with Crippen LogP contribution >= 0.6 is 11.6 Å². The Hall–Kier alpha value is -4.22. The van der Waals surface area contributed by atoms with Gasteiger partial charge in [0.1, 0.15) is 16.5 Å². The zero-order valence-corrected chi connectivity index (χ0v) is 20.3. The molecular weight excluding hydrogens is 508 g/mol. The van der Waals surface area contributed by atoms with E-state index in [-0.39, 0.29) is 39.3 Å². The molecule has 0 aliphatic carbocycles. The van der Waals surface area contributed by atoms with E-state index in [2.05, 4.69) is 15.0 Å². The maximum absolute atomic E-state index is 13.0. The van der Waals surface area contributed by atoms with E-state index >= 15 is 0 Å². The molecule has 2 aromatic carbocycles. The number of aromatic nitrogens is 1. The van der Waals surface area contributed by atoms with Crippen molar-refractivity contribution in [1.29, 1.82) is 0 Å². The largest absolute Gasteiger partial charge is 0.462 e. The molecule has 3 aromatic rings. The van der Waals surface area contributed by atoms with Crippen LogP contribution < -0.4 is 14.9 Å². The number of nitrogens with one attached hydrogen (secondary N) is 2. The van der Waals surface area contributed by atoms with Crippen LogP contribution in [0.15, 0.2) is 88.6 Å². The van der Waals surface area contributed by atoms with Crippen molar-refractivity contribution in [2.24, 2.45) is 0 Å². The van der Waals surface area contributed by atoms with E-state index in [1.54, 1.807) is 19.1 Å². The summed E-state index contributed by atoms with van der Waals surface area (Å²) in [4.78, 5) is 42.3. The molecule has 36 heavy (non-hydrogen) atoms. The molecule has 0 spiro atoms. The molecule has 0 fully saturated rings. The predicted octanol–water partition coefficient (Wildman–Crippen LogP) is 3.49. The summed E-state index contributed by atoms with van der Waals surface area (Å²) in [7, 11) is -3.89. The van der Waals surface area contributed by atoms with Gasteiger partial charge in [0.15, 0.2) is 0 Å². The SMILES string of the molecule is CCOC(=O)c1ccc(N2C(=O)C(Cl)=C(Nc3ccc(S(=O)(=O)Nc4ccccn4)cc3)C2=O)cc1. The van der Waals surface area contributed by atoms with Gasteiger partial charge in [-0.25, -0.2) is 23.1 Å². The third-order valence-electron chi connectivity index (χ3n) is 5.00. The van der Waals surface area contributed by atoms with Crippen molar-refractivity contribution in [3.8, 4) is 0 Å². The normalized spacial score (nSPS) is 13.7. The predicted molar refractivity (Wildman–Crippen MR) is 133 cm³/mol. The van der Waals surface area contributed by atoms with E-state index in [0.717, 1.165) is 4.90 Å². The zero-order chi connectivity index (χ0) is 25.9. The minimum Gasteiger partial charge on any atom is -0.462 e. The number of anilines is 3. The number of ether oxygens (including phenoxy) is 1. The van der Waals surface area contributed by atoms with Crippen LogP contribution in [0, 0.1) is 0 Å². The van der Waals surface area contributed by atoms with Gasteiger partial charge in [-0.2, -0.15) is 0 Å². The number of benzene rings is 2. The van der Waals surface area contributed by atoms with Crippen LogP contribution in [-0.2, 0) is 24.3 Å². The number of halogens is 1. The number of carbonyl (C=O) groups is 3. The summed E-state index contributed by atoms with van der Waals surface area (Å²) in [6.07, 6.45) is 1.46. The summed E-state index contributed by atoms with van der Waals surface area (Å²) in [6.45, 7) is 1.90. The highest BCUT2D eigenvalue weighted by atomic mass is 35.5. The Morgan fingerprint density at radius 3 is 2.31 bits per heavy atom. The summed E-state index contributed by atoms with van der Waals surface area (Å²) in [5, 5.41) is 2.45. The van der Waals surface area contributed by atoms with E-state index in [0.29, 0.717) is 5.69 Å². The zero-order valence-electron chi connectivity index (χ0n) is 18.8. The van der Waals surface area contributed by atoms with Crippen molar-refractivity contribution in [3.05, 3.63) is 89.2 Å². The molecule has 10 nitrogen and oxygen atoms in total. The number of carbonyl (C=O) groups excluding carboxylic acids is 3. The van der Waals surface area contributed by atoms with Crippen molar-refractivity contribution in [2.75, 3.05) is 21.5 Å². The molecule has 1 aliphatic rings. The average molecular weight is 527 g/mol. The lowest BCUT2D eigenvalue weighted by Gasteiger charge is -2.15. The minimum atomic E-state index is -3.89. The Morgan fingerprint density at radius 2 is 1.69 bits per heavy atom. The second kappa shape index (κ2) is 10.2. The van der Waals surface area contributed by atoms with Gasteiger partial charge in [0.05, 0.1) is 22.8 Å². The number of esters is 1. The first kappa shape index (κ1) is 24.9. The Balaban J connectivity index is 1.49. The molecule has 2 heterocycles. The van der Waals surface area contributed by atoms with Gasteiger partial charge < -0.3 is 10.1 Å². The molecule has 0 saturated carbocycles. The molecule has 0 saturated heterocycles. The number of rotatable bonds is 8. The third-order valence-corrected chi connectivity index (χ3v) is 6.72. The van der Waals surface area contributed by atoms with Gasteiger partial charge in [-0.3, -0.25) is 14.3 Å². The van der Waals surface area contributed by atoms with Crippen LogP contribution in [0.25, 0.3) is 0 Å². The highest BCUT2D eigenvalue weighted by Crippen LogP contribution is 2.30. The Labute approximate surface area is 211 Å². The molecule has 0 bridgehead atoms. The van der Waals surface area contributed by atoms with E-state index in [4.69, 9.17) is 16.3 Å². The molecule has 184 valence electrons. The number of hydrogen-bond acceptors (Lipinski definition) is 8. The lowest BCUT2D eigenvalue weighted by molar-refractivity contribution is -0.120. The van der Waals surface area contributed by atoms with Crippen LogP contribution in [0.1, 0.15) is 17.3 Å². The molecule has 0 unspecified atom stereocenters. The smallest absolute Gasteiger partial charge is 0.338 e. The fraction of sp³-hybridized carbons (Fsp3) is 0.0833. The Kier molecular flexibility index (Phi) is 7.04.